The summed E-state index contributed by atoms with van der Waals surface area (Å²) in [6, 6.07) is 1.96. The Morgan fingerprint density at radius 1 is 0.712 bits per heavy atom. The van der Waals surface area contributed by atoms with Crippen LogP contribution in [0.4, 0.5) is 0 Å². The summed E-state index contributed by atoms with van der Waals surface area (Å²) in [6.07, 6.45) is 28.5. The third-order valence-electron chi connectivity index (χ3n) is 7.25. The van der Waals surface area contributed by atoms with Gasteiger partial charge in [-0.05, 0) is 78.8 Å². The van der Waals surface area contributed by atoms with Crippen LogP contribution in [0.25, 0.3) is 50.2 Å². The van der Waals surface area contributed by atoms with Crippen molar-refractivity contribution in [3.8, 4) is 11.3 Å². The van der Waals surface area contributed by atoms with E-state index in [1.807, 2.05) is 69.0 Å². The molecule has 0 saturated heterocycles. The lowest BCUT2D eigenvalue weighted by molar-refractivity contribution is 0.535. The fourth-order valence-corrected chi connectivity index (χ4v) is 7.16. The SMILES string of the molecule is CN1C=c2c(I)[c+]nc2C=N1.Cn1cc(I)c2cnncc21.Cn1cc2ncc(I)c-2cn1.Ic1c[nH]c2cnncc12.c1cc2cnncc2[nH]1. The van der Waals surface area contributed by atoms with Crippen LogP contribution < -0.4 is 5.22 Å². The molecule has 0 spiro atoms. The maximum atomic E-state index is 4.21. The number of hydrogen-bond acceptors (Lipinski definition) is 11. The highest BCUT2D eigenvalue weighted by Crippen LogP contribution is 2.24. The van der Waals surface area contributed by atoms with E-state index in [1.54, 1.807) is 53.1 Å². The number of aromatic nitrogens is 13. The number of hydrazone groups is 1. The van der Waals surface area contributed by atoms with Gasteiger partial charge in [-0.15, -0.1) is 0 Å². The average molecular weight is 1140 g/mol. The molecule has 3 aliphatic heterocycles. The summed E-state index contributed by atoms with van der Waals surface area (Å²) >= 11 is 9.01. The van der Waals surface area contributed by atoms with Gasteiger partial charge in [0.05, 0.1) is 65.6 Å². The van der Waals surface area contributed by atoms with Crippen molar-refractivity contribution in [2.75, 3.05) is 7.05 Å². The number of halogens is 4. The van der Waals surface area contributed by atoms with E-state index in [0.29, 0.717) is 0 Å². The molecule has 3 aliphatic rings. The van der Waals surface area contributed by atoms with E-state index in [2.05, 4.69) is 163 Å². The van der Waals surface area contributed by atoms with Crippen molar-refractivity contribution in [2.45, 2.75) is 0 Å². The molecule has 0 amide bonds. The van der Waals surface area contributed by atoms with E-state index in [0.717, 1.165) is 56.6 Å². The number of nitrogens with zero attached hydrogens (tertiary/aromatic N) is 13. The molecule has 0 atom stereocenters. The Hall–Kier alpha value is -4.07. The van der Waals surface area contributed by atoms with Crippen molar-refractivity contribution in [1.82, 2.24) is 69.9 Å². The van der Waals surface area contributed by atoms with Crippen LogP contribution in [-0.4, -0.2) is 83.1 Å². The van der Waals surface area contributed by atoms with Crippen molar-refractivity contribution < 1.29 is 0 Å². The minimum atomic E-state index is 0.910. The van der Waals surface area contributed by atoms with Crippen LogP contribution in [0, 0.1) is 20.5 Å². The van der Waals surface area contributed by atoms with Gasteiger partial charge in [0.25, 0.3) is 5.69 Å². The monoisotopic (exact) mass is 1140 g/mol. The van der Waals surface area contributed by atoms with Crippen molar-refractivity contribution >= 4 is 135 Å². The Balaban J connectivity index is 0.000000112. The summed E-state index contributed by atoms with van der Waals surface area (Å²) in [5.41, 5.74) is 6.25. The van der Waals surface area contributed by atoms with E-state index >= 15 is 0 Å². The second-order valence-corrected chi connectivity index (χ2v) is 15.4. The number of hydrogen-bond donors (Lipinski definition) is 2. The predicted molar refractivity (Wildman–Crippen MR) is 233 cm³/mol. The second-order valence-electron chi connectivity index (χ2n) is 10.8. The molecule has 0 bridgehead atoms. The quantitative estimate of drug-likeness (QED) is 0.139. The van der Waals surface area contributed by atoms with Crippen LogP contribution in [0.3, 0.4) is 0 Å². The van der Waals surface area contributed by atoms with Gasteiger partial charge in [0.2, 0.25) is 3.57 Å². The minimum absolute atomic E-state index is 0.910. The first-order valence-electron chi connectivity index (χ1n) is 15.0. The highest BCUT2D eigenvalue weighted by Gasteiger charge is 2.18. The molecule has 260 valence electrons. The first-order valence-corrected chi connectivity index (χ1v) is 19.4. The molecule has 7 aromatic rings. The van der Waals surface area contributed by atoms with E-state index in [-0.39, 0.29) is 0 Å². The molecule has 2 N–H and O–H groups in total. The fraction of sp³-hybridized carbons (Fsp3) is 0.0909. The first-order chi connectivity index (χ1) is 25.2. The number of fused-ring (bicyclic) bond motifs is 5. The summed E-state index contributed by atoms with van der Waals surface area (Å²) < 4.78 is 8.41. The Morgan fingerprint density at radius 3 is 2.21 bits per heavy atom. The van der Waals surface area contributed by atoms with E-state index in [1.165, 1.54) is 12.5 Å². The van der Waals surface area contributed by atoms with Crippen molar-refractivity contribution in [1.29, 1.82) is 0 Å². The molecule has 15 nitrogen and oxygen atoms in total. The zero-order valence-electron chi connectivity index (χ0n) is 27.5. The second kappa shape index (κ2) is 17.6. The minimum Gasteiger partial charge on any atom is -0.360 e. The molecular weight excluding hydrogens is 1110 g/mol. The van der Waals surface area contributed by atoms with E-state index < -0.39 is 0 Å². The van der Waals surface area contributed by atoms with Gasteiger partial charge in [-0.25, -0.2) is 0 Å². The van der Waals surface area contributed by atoms with Crippen LogP contribution in [0.1, 0.15) is 5.69 Å². The standard InChI is InChI=1S/C7H5IN3.2C7H6IN3.C6H4IN3.C6H5N3/c1-11-4-5-6(8)2-9-7(5)3-10-11;1-11-4-6(8)5-2-9-10-3-7(5)11;1-11-4-7-5(2-10-11)6(8)3-9-7;7-5-2-8-6-3-10-9-1-4(5)6;1-2-7-6-4-9-8-3-5(1)6/h3-4H,1H3;2*2-4H,1H3;1-3,8H;1-4,7H/q+1;;;;. The van der Waals surface area contributed by atoms with Gasteiger partial charge >= 0.3 is 0 Å². The van der Waals surface area contributed by atoms with Crippen molar-refractivity contribution in [3.63, 3.8) is 0 Å². The number of H-pyrrole nitrogens is 2. The van der Waals surface area contributed by atoms with Gasteiger partial charge in [-0.2, -0.15) is 40.8 Å². The topological polar surface area (TPSA) is 173 Å². The van der Waals surface area contributed by atoms with Gasteiger partial charge in [-0.3, -0.25) is 14.7 Å². The number of aryl methyl sites for hydroxylation is 2. The van der Waals surface area contributed by atoms with E-state index in [9.17, 15) is 0 Å². The molecule has 0 saturated carbocycles. The molecular formula is C33H26I4N15+. The zero-order chi connectivity index (χ0) is 36.6. The molecule has 0 aromatic carbocycles. The lowest BCUT2D eigenvalue weighted by Gasteiger charge is -2.03. The molecule has 0 fully saturated rings. The van der Waals surface area contributed by atoms with Gasteiger partial charge in [-0.1, -0.05) is 0 Å². The average Bonchev–Trinajstić information content (AvgIpc) is 4.00. The van der Waals surface area contributed by atoms with Gasteiger partial charge in [0.15, 0.2) is 11.4 Å². The zero-order valence-corrected chi connectivity index (χ0v) is 36.1. The predicted octanol–water partition coefficient (Wildman–Crippen LogP) is 5.84. The smallest absolute Gasteiger partial charge is 0.252 e. The highest BCUT2D eigenvalue weighted by atomic mass is 127. The molecule has 10 rings (SSSR count). The summed E-state index contributed by atoms with van der Waals surface area (Å²) in [5.74, 6) is 0. The molecule has 0 radical (unpaired) electrons. The van der Waals surface area contributed by atoms with Gasteiger partial charge in [0, 0.05) is 107 Å². The van der Waals surface area contributed by atoms with Crippen LogP contribution in [-0.2, 0) is 14.1 Å². The van der Waals surface area contributed by atoms with Gasteiger partial charge in [0.1, 0.15) is 12.4 Å². The van der Waals surface area contributed by atoms with Crippen LogP contribution in [0.15, 0.2) is 85.5 Å². The lowest BCUT2D eigenvalue weighted by atomic mass is 10.3. The summed E-state index contributed by atoms with van der Waals surface area (Å²) in [7, 11) is 5.79. The maximum Gasteiger partial charge on any atom is 0.252 e. The van der Waals surface area contributed by atoms with Crippen LogP contribution >= 0.6 is 90.4 Å². The fourth-order valence-electron chi connectivity index (χ4n) is 4.65. The highest BCUT2D eigenvalue weighted by molar-refractivity contribution is 14.1. The molecule has 0 aliphatic carbocycles. The summed E-state index contributed by atoms with van der Waals surface area (Å²) in [6.45, 7) is 0. The lowest BCUT2D eigenvalue weighted by Crippen LogP contribution is -2.19. The molecule has 10 heterocycles. The Labute approximate surface area is 351 Å². The number of nitrogens with one attached hydrogen (secondary N) is 2. The third-order valence-corrected chi connectivity index (χ3v) is 10.7. The first kappa shape index (κ1) is 37.7. The largest absolute Gasteiger partial charge is 0.360 e. The number of aromatic amines is 2. The maximum absolute atomic E-state index is 4.21. The van der Waals surface area contributed by atoms with Crippen LogP contribution in [0.2, 0.25) is 0 Å². The van der Waals surface area contributed by atoms with Crippen molar-refractivity contribution in [3.05, 3.63) is 112 Å². The molecule has 19 heteroatoms. The Kier molecular flexibility index (Phi) is 12.8. The molecule has 7 aromatic heterocycles. The summed E-state index contributed by atoms with van der Waals surface area (Å²) in [5, 5.41) is 37.0. The number of rotatable bonds is 0. The normalized spacial score (nSPS) is 11.3. The Bertz CT molecular complexity index is 2540. The molecule has 0 unspecified atom stereocenters. The van der Waals surface area contributed by atoms with Crippen LogP contribution in [0.5, 0.6) is 0 Å². The Morgan fingerprint density at radius 2 is 1.44 bits per heavy atom. The van der Waals surface area contributed by atoms with Gasteiger partial charge < -0.3 is 14.5 Å². The summed E-state index contributed by atoms with van der Waals surface area (Å²) in [4.78, 5) is 14.4. The third kappa shape index (κ3) is 9.28. The molecule has 52 heavy (non-hydrogen) atoms. The van der Waals surface area contributed by atoms with E-state index in [4.69, 9.17) is 0 Å². The van der Waals surface area contributed by atoms with Crippen molar-refractivity contribution in [2.24, 2.45) is 19.2 Å².